The number of hydrogen-bond donors (Lipinski definition) is 0. The molecule has 1 atom stereocenters. The van der Waals surface area contributed by atoms with Crippen LogP contribution in [0.3, 0.4) is 0 Å². The second kappa shape index (κ2) is 6.21. The molecule has 1 rings (SSSR count). The summed E-state index contributed by atoms with van der Waals surface area (Å²) in [7, 11) is 0. The molecule has 0 fully saturated rings. The van der Waals surface area contributed by atoms with E-state index in [-0.39, 0.29) is 11.8 Å². The molecule has 0 amide bonds. The number of ether oxygens (including phenoxy) is 1. The lowest BCUT2D eigenvalue weighted by Crippen LogP contribution is -2.17. The minimum Gasteiger partial charge on any atom is -0.406 e. The van der Waals surface area contributed by atoms with Gasteiger partial charge in [-0.05, 0) is 24.1 Å². The summed E-state index contributed by atoms with van der Waals surface area (Å²) in [6.45, 7) is 1.93. The third-order valence-electron chi connectivity index (χ3n) is 2.27. The molecule has 18 heavy (non-hydrogen) atoms. The molecule has 3 nitrogen and oxygen atoms in total. The van der Waals surface area contributed by atoms with E-state index in [1.165, 1.54) is 30.3 Å². The Kier molecular flexibility index (Phi) is 4.92. The first-order chi connectivity index (χ1) is 8.46. The highest BCUT2D eigenvalue weighted by atomic mass is 19.4. The highest BCUT2D eigenvalue weighted by Crippen LogP contribution is 2.27. The highest BCUT2D eigenvalue weighted by Gasteiger charge is 2.31. The summed E-state index contributed by atoms with van der Waals surface area (Å²) in [5, 5.41) is 0. The van der Waals surface area contributed by atoms with Gasteiger partial charge < -0.3 is 4.74 Å². The maximum atomic E-state index is 11.9. The number of alkyl halides is 3. The van der Waals surface area contributed by atoms with Crippen LogP contribution in [0.4, 0.5) is 13.2 Å². The largest absolute Gasteiger partial charge is 0.573 e. The van der Waals surface area contributed by atoms with Crippen LogP contribution in [0, 0.1) is 0 Å². The van der Waals surface area contributed by atoms with Gasteiger partial charge in [0.05, 0.1) is 6.04 Å². The fraction of sp³-hybridized carbons (Fsp3) is 0.417. The first-order valence-electron chi connectivity index (χ1n) is 5.39. The fourth-order valence-corrected chi connectivity index (χ4v) is 1.53. The van der Waals surface area contributed by atoms with Gasteiger partial charge in [0.15, 0.2) is 0 Å². The maximum absolute atomic E-state index is 11.9. The predicted octanol–water partition coefficient (Wildman–Crippen LogP) is 3.76. The Hall–Kier alpha value is -1.81. The summed E-state index contributed by atoms with van der Waals surface area (Å²) in [6.07, 6.45) is -1.80. The highest BCUT2D eigenvalue weighted by molar-refractivity contribution is 5.36. The Balaban J connectivity index is 2.83. The van der Waals surface area contributed by atoms with Crippen LogP contribution in [0.5, 0.6) is 5.75 Å². The standard InChI is InChI=1S/C12H12F3NO2/c1-2-3-11(16-8-17)9-4-6-10(7-5-9)18-12(13,14)15/h4-7,11H,2-3H2,1H3. The van der Waals surface area contributed by atoms with E-state index >= 15 is 0 Å². The van der Waals surface area contributed by atoms with E-state index in [4.69, 9.17) is 0 Å². The number of halogens is 3. The van der Waals surface area contributed by atoms with Crippen LogP contribution in [-0.4, -0.2) is 12.4 Å². The number of nitrogens with zero attached hydrogens (tertiary/aromatic N) is 1. The van der Waals surface area contributed by atoms with Crippen LogP contribution in [-0.2, 0) is 4.79 Å². The molecule has 0 radical (unpaired) electrons. The van der Waals surface area contributed by atoms with Crippen LogP contribution in [0.15, 0.2) is 29.3 Å². The van der Waals surface area contributed by atoms with Crippen molar-refractivity contribution in [1.29, 1.82) is 0 Å². The molecular formula is C12H12F3NO2. The van der Waals surface area contributed by atoms with Gasteiger partial charge >= 0.3 is 6.36 Å². The normalized spacial score (nSPS) is 12.7. The van der Waals surface area contributed by atoms with Gasteiger partial charge in [0, 0.05) is 0 Å². The minimum atomic E-state index is -4.70. The van der Waals surface area contributed by atoms with Gasteiger partial charge in [0.1, 0.15) is 5.75 Å². The van der Waals surface area contributed by atoms with Crippen molar-refractivity contribution in [3.8, 4) is 5.75 Å². The van der Waals surface area contributed by atoms with Crippen molar-refractivity contribution in [2.24, 2.45) is 4.99 Å². The number of rotatable bonds is 5. The van der Waals surface area contributed by atoms with E-state index in [1.54, 1.807) is 0 Å². The number of aliphatic imine (C=N–C) groups is 1. The van der Waals surface area contributed by atoms with Gasteiger partial charge in [-0.3, -0.25) is 0 Å². The molecule has 0 aromatic heterocycles. The van der Waals surface area contributed by atoms with E-state index in [0.717, 1.165) is 6.42 Å². The van der Waals surface area contributed by atoms with Crippen LogP contribution >= 0.6 is 0 Å². The molecule has 0 spiro atoms. The smallest absolute Gasteiger partial charge is 0.406 e. The lowest BCUT2D eigenvalue weighted by atomic mass is 10.0. The van der Waals surface area contributed by atoms with Gasteiger partial charge in [0.25, 0.3) is 0 Å². The minimum absolute atomic E-state index is 0.295. The van der Waals surface area contributed by atoms with Gasteiger partial charge in [-0.25, -0.2) is 4.79 Å². The zero-order valence-electron chi connectivity index (χ0n) is 9.70. The molecule has 0 aliphatic carbocycles. The molecular weight excluding hydrogens is 247 g/mol. The number of benzene rings is 1. The number of hydrogen-bond acceptors (Lipinski definition) is 3. The average Bonchev–Trinajstić information content (AvgIpc) is 2.28. The van der Waals surface area contributed by atoms with Crippen LogP contribution < -0.4 is 4.74 Å². The van der Waals surface area contributed by atoms with Gasteiger partial charge in [-0.2, -0.15) is 4.99 Å². The molecule has 0 aliphatic rings. The third kappa shape index (κ3) is 4.59. The SMILES string of the molecule is CCCC(N=C=O)c1ccc(OC(F)(F)F)cc1. The molecule has 1 aromatic carbocycles. The quantitative estimate of drug-likeness (QED) is 0.596. The van der Waals surface area contributed by atoms with Crippen molar-refractivity contribution in [3.05, 3.63) is 29.8 Å². The molecule has 0 saturated carbocycles. The molecule has 6 heteroatoms. The Bertz CT molecular complexity index is 422. The van der Waals surface area contributed by atoms with Crippen molar-refractivity contribution in [3.63, 3.8) is 0 Å². The summed E-state index contributed by atoms with van der Waals surface area (Å²) >= 11 is 0. The van der Waals surface area contributed by atoms with Crippen LogP contribution in [0.1, 0.15) is 31.4 Å². The van der Waals surface area contributed by atoms with E-state index in [9.17, 15) is 18.0 Å². The lowest BCUT2D eigenvalue weighted by molar-refractivity contribution is -0.274. The molecule has 0 N–H and O–H groups in total. The summed E-state index contributed by atoms with van der Waals surface area (Å²) in [4.78, 5) is 13.9. The fourth-order valence-electron chi connectivity index (χ4n) is 1.53. The molecule has 0 saturated heterocycles. The first-order valence-corrected chi connectivity index (χ1v) is 5.39. The molecule has 1 aromatic rings. The number of carbonyl (C=O) groups excluding carboxylic acids is 1. The third-order valence-corrected chi connectivity index (χ3v) is 2.27. The predicted molar refractivity (Wildman–Crippen MR) is 58.9 cm³/mol. The van der Waals surface area contributed by atoms with Crippen LogP contribution in [0.25, 0.3) is 0 Å². The van der Waals surface area contributed by atoms with Gasteiger partial charge in [0.2, 0.25) is 6.08 Å². The Morgan fingerprint density at radius 2 is 1.94 bits per heavy atom. The molecule has 0 bridgehead atoms. The summed E-state index contributed by atoms with van der Waals surface area (Å²) < 4.78 is 39.6. The molecule has 1 unspecified atom stereocenters. The van der Waals surface area contributed by atoms with Crippen molar-refractivity contribution >= 4 is 6.08 Å². The van der Waals surface area contributed by atoms with Crippen molar-refractivity contribution in [1.82, 2.24) is 0 Å². The topological polar surface area (TPSA) is 38.7 Å². The van der Waals surface area contributed by atoms with Crippen LogP contribution in [0.2, 0.25) is 0 Å². The average molecular weight is 259 g/mol. The van der Waals surface area contributed by atoms with Crippen molar-refractivity contribution in [2.45, 2.75) is 32.2 Å². The van der Waals surface area contributed by atoms with Gasteiger partial charge in [-0.1, -0.05) is 25.5 Å². The summed E-state index contributed by atoms with van der Waals surface area (Å²) in [5.41, 5.74) is 0.662. The van der Waals surface area contributed by atoms with E-state index < -0.39 is 6.36 Å². The van der Waals surface area contributed by atoms with Gasteiger partial charge in [-0.15, -0.1) is 13.2 Å². The lowest BCUT2D eigenvalue weighted by Gasteiger charge is -2.12. The first kappa shape index (κ1) is 14.3. The Morgan fingerprint density at radius 3 is 2.39 bits per heavy atom. The monoisotopic (exact) mass is 259 g/mol. The summed E-state index contributed by atoms with van der Waals surface area (Å²) in [6, 6.07) is 4.95. The second-order valence-corrected chi connectivity index (χ2v) is 3.64. The van der Waals surface area contributed by atoms with Crippen molar-refractivity contribution in [2.75, 3.05) is 0 Å². The number of isocyanates is 1. The molecule has 98 valence electrons. The van der Waals surface area contributed by atoms with Crippen molar-refractivity contribution < 1.29 is 22.7 Å². The zero-order valence-corrected chi connectivity index (χ0v) is 9.70. The Labute approximate surface area is 102 Å². The Morgan fingerprint density at radius 1 is 1.33 bits per heavy atom. The molecule has 0 heterocycles. The van der Waals surface area contributed by atoms with E-state index in [0.29, 0.717) is 12.0 Å². The molecule has 0 aliphatic heterocycles. The zero-order chi connectivity index (χ0) is 13.6. The second-order valence-electron chi connectivity index (χ2n) is 3.64. The maximum Gasteiger partial charge on any atom is 0.573 e. The van der Waals surface area contributed by atoms with E-state index in [1.807, 2.05) is 6.92 Å². The van der Waals surface area contributed by atoms with E-state index in [2.05, 4.69) is 9.73 Å². The summed E-state index contributed by atoms with van der Waals surface area (Å²) in [5.74, 6) is -0.295.